The number of hydrogen-bond acceptors (Lipinski definition) is 3. The van der Waals surface area contributed by atoms with E-state index < -0.39 is 0 Å². The van der Waals surface area contributed by atoms with Gasteiger partial charge in [-0.2, -0.15) is 5.26 Å². The lowest BCUT2D eigenvalue weighted by Crippen LogP contribution is -1.93. The van der Waals surface area contributed by atoms with Crippen LogP contribution in [0.5, 0.6) is 0 Å². The summed E-state index contributed by atoms with van der Waals surface area (Å²) >= 11 is 1.85. The second-order valence-electron chi connectivity index (χ2n) is 13.1. The molecule has 8 aromatic carbocycles. The first-order valence-corrected chi connectivity index (χ1v) is 18.2. The van der Waals surface area contributed by atoms with Crippen LogP contribution in [0.25, 0.3) is 97.7 Å². The van der Waals surface area contributed by atoms with Gasteiger partial charge in [0.15, 0.2) is 0 Å². The third-order valence-corrected chi connectivity index (χ3v) is 11.4. The fourth-order valence-electron chi connectivity index (χ4n) is 7.74. The summed E-state index contributed by atoms with van der Waals surface area (Å²) in [6.07, 6.45) is 0. The van der Waals surface area contributed by atoms with Gasteiger partial charge in [0.1, 0.15) is 11.2 Å². The summed E-state index contributed by atoms with van der Waals surface area (Å²) in [5.74, 6) is 0. The molecule has 0 radical (unpaired) electrons. The molecule has 0 bridgehead atoms. The van der Waals surface area contributed by atoms with E-state index >= 15 is 0 Å². The van der Waals surface area contributed by atoms with Crippen molar-refractivity contribution in [2.24, 2.45) is 0 Å². The van der Waals surface area contributed by atoms with E-state index in [1.807, 2.05) is 53.8 Å². The molecular weight excluding hydrogens is 651 g/mol. The molecule has 0 spiro atoms. The Balaban J connectivity index is 1.30. The summed E-state index contributed by atoms with van der Waals surface area (Å²) in [5.41, 5.74) is 13.3. The average Bonchev–Trinajstić information content (AvgIpc) is 3.79. The minimum atomic E-state index is 0.651. The zero-order valence-corrected chi connectivity index (χ0v) is 28.8. The Morgan fingerprint density at radius 2 is 1.06 bits per heavy atom. The Hall–Kier alpha value is -6.73. The van der Waals surface area contributed by atoms with Crippen molar-refractivity contribution in [3.8, 4) is 61.7 Å². The minimum Gasteiger partial charge on any atom is -0.456 e. The molecule has 0 aliphatic heterocycles. The van der Waals surface area contributed by atoms with Crippen LogP contribution >= 0.6 is 11.3 Å². The van der Waals surface area contributed by atoms with Crippen molar-refractivity contribution in [3.05, 3.63) is 181 Å². The fraction of sp³-hybridized carbons (Fsp3) is 0. The Kier molecular flexibility index (Phi) is 7.09. The van der Waals surface area contributed by atoms with Crippen molar-refractivity contribution in [2.75, 3.05) is 0 Å². The van der Waals surface area contributed by atoms with Crippen LogP contribution in [0, 0.1) is 11.3 Å². The molecule has 2 aromatic heterocycles. The van der Waals surface area contributed by atoms with Crippen LogP contribution < -0.4 is 0 Å². The summed E-state index contributed by atoms with van der Waals surface area (Å²) < 4.78 is 8.96. The van der Waals surface area contributed by atoms with Crippen LogP contribution in [0.4, 0.5) is 0 Å². The molecular formula is C49H29NOS. The van der Waals surface area contributed by atoms with E-state index in [1.54, 1.807) is 0 Å². The standard InChI is InChI=1S/C49H29NOS/c50-30-33-14-4-5-15-37(33)35-26-34(31-12-2-1-3-13-31)27-36(28-35)48-38(32-24-25-40-39-16-6-8-22-45(39)51-46(40)29-32)18-10-19-42(48)44-21-11-20-43-41-17-7-9-23-47(41)52-49(43)44/h1-29H. The number of furan rings is 1. The maximum atomic E-state index is 10.2. The second kappa shape index (κ2) is 12.2. The van der Waals surface area contributed by atoms with Crippen molar-refractivity contribution >= 4 is 53.4 Å². The SMILES string of the molecule is N#Cc1ccccc1-c1cc(-c2ccccc2)cc(-c2c(-c3ccc4c(c3)oc3ccccc34)cccc2-c2cccc3c2sc2ccccc23)c1. The van der Waals surface area contributed by atoms with Gasteiger partial charge in [0, 0.05) is 36.5 Å². The number of fused-ring (bicyclic) bond motifs is 6. The van der Waals surface area contributed by atoms with Gasteiger partial charge in [-0.05, 0) is 98.6 Å². The van der Waals surface area contributed by atoms with Gasteiger partial charge in [0.2, 0.25) is 0 Å². The predicted molar refractivity (Wildman–Crippen MR) is 219 cm³/mol. The molecule has 2 heterocycles. The number of para-hydroxylation sites is 1. The number of benzene rings is 8. The van der Waals surface area contributed by atoms with E-state index in [2.05, 4.69) is 140 Å². The summed E-state index contributed by atoms with van der Waals surface area (Å²) in [6.45, 7) is 0. The molecule has 3 heteroatoms. The summed E-state index contributed by atoms with van der Waals surface area (Å²) in [5, 5.41) is 14.9. The van der Waals surface area contributed by atoms with Gasteiger partial charge in [-0.15, -0.1) is 11.3 Å². The molecule has 10 rings (SSSR count). The summed E-state index contributed by atoms with van der Waals surface area (Å²) in [6, 6.07) is 64.5. The second-order valence-corrected chi connectivity index (χ2v) is 14.2. The van der Waals surface area contributed by atoms with Gasteiger partial charge in [-0.3, -0.25) is 0 Å². The fourth-order valence-corrected chi connectivity index (χ4v) is 8.97. The molecule has 0 saturated carbocycles. The maximum absolute atomic E-state index is 10.2. The van der Waals surface area contributed by atoms with Crippen molar-refractivity contribution < 1.29 is 4.42 Å². The lowest BCUT2D eigenvalue weighted by atomic mass is 9.84. The third-order valence-electron chi connectivity index (χ3n) is 10.1. The molecule has 52 heavy (non-hydrogen) atoms. The van der Waals surface area contributed by atoms with Gasteiger partial charge in [0.05, 0.1) is 11.6 Å². The monoisotopic (exact) mass is 679 g/mol. The molecule has 0 fully saturated rings. The minimum absolute atomic E-state index is 0.651. The normalized spacial score (nSPS) is 11.4. The Bertz CT molecular complexity index is 3030. The number of nitrogens with zero attached hydrogens (tertiary/aromatic N) is 1. The zero-order valence-electron chi connectivity index (χ0n) is 28.0. The van der Waals surface area contributed by atoms with Crippen LogP contribution in [-0.2, 0) is 0 Å². The van der Waals surface area contributed by atoms with Gasteiger partial charge < -0.3 is 4.42 Å². The largest absolute Gasteiger partial charge is 0.456 e. The molecule has 0 unspecified atom stereocenters. The van der Waals surface area contributed by atoms with Crippen LogP contribution in [0.2, 0.25) is 0 Å². The summed E-state index contributed by atoms with van der Waals surface area (Å²) in [7, 11) is 0. The smallest absolute Gasteiger partial charge is 0.136 e. The number of thiophene rings is 1. The first-order valence-electron chi connectivity index (χ1n) is 17.4. The van der Waals surface area contributed by atoms with Crippen LogP contribution in [0.1, 0.15) is 5.56 Å². The average molecular weight is 680 g/mol. The van der Waals surface area contributed by atoms with Crippen LogP contribution in [0.3, 0.4) is 0 Å². The van der Waals surface area contributed by atoms with Gasteiger partial charge in [0.25, 0.3) is 0 Å². The number of rotatable bonds is 5. The molecule has 0 atom stereocenters. The number of nitriles is 1. The van der Waals surface area contributed by atoms with E-state index in [4.69, 9.17) is 4.42 Å². The maximum Gasteiger partial charge on any atom is 0.136 e. The van der Waals surface area contributed by atoms with E-state index in [0.717, 1.165) is 72.0 Å². The van der Waals surface area contributed by atoms with E-state index in [-0.39, 0.29) is 0 Å². The summed E-state index contributed by atoms with van der Waals surface area (Å²) in [4.78, 5) is 0. The topological polar surface area (TPSA) is 36.9 Å². The highest BCUT2D eigenvalue weighted by molar-refractivity contribution is 7.26. The Morgan fingerprint density at radius 3 is 1.96 bits per heavy atom. The highest BCUT2D eigenvalue weighted by atomic mass is 32.1. The first-order chi connectivity index (χ1) is 25.7. The van der Waals surface area contributed by atoms with Crippen molar-refractivity contribution in [3.63, 3.8) is 0 Å². The quantitative estimate of drug-likeness (QED) is 0.182. The van der Waals surface area contributed by atoms with Gasteiger partial charge >= 0.3 is 0 Å². The van der Waals surface area contributed by atoms with Crippen molar-refractivity contribution in [1.29, 1.82) is 5.26 Å². The van der Waals surface area contributed by atoms with E-state index in [9.17, 15) is 5.26 Å². The predicted octanol–water partition coefficient (Wildman–Crippen LogP) is 14.2. The van der Waals surface area contributed by atoms with Crippen molar-refractivity contribution in [1.82, 2.24) is 0 Å². The van der Waals surface area contributed by atoms with Crippen LogP contribution in [-0.4, -0.2) is 0 Å². The molecule has 10 aromatic rings. The lowest BCUT2D eigenvalue weighted by Gasteiger charge is -2.19. The molecule has 0 N–H and O–H groups in total. The molecule has 0 saturated heterocycles. The molecule has 2 nitrogen and oxygen atoms in total. The van der Waals surface area contributed by atoms with E-state index in [1.165, 1.54) is 25.7 Å². The molecule has 0 aliphatic carbocycles. The van der Waals surface area contributed by atoms with E-state index in [0.29, 0.717) is 5.56 Å². The number of hydrogen-bond donors (Lipinski definition) is 0. The first kappa shape index (κ1) is 30.1. The molecule has 0 amide bonds. The highest BCUT2D eigenvalue weighted by Gasteiger charge is 2.20. The Labute approximate surface area is 305 Å². The third kappa shape index (κ3) is 4.93. The highest BCUT2D eigenvalue weighted by Crippen LogP contribution is 2.47. The van der Waals surface area contributed by atoms with Crippen molar-refractivity contribution in [2.45, 2.75) is 0 Å². The van der Waals surface area contributed by atoms with Gasteiger partial charge in [-0.25, -0.2) is 0 Å². The zero-order chi connectivity index (χ0) is 34.6. The lowest BCUT2D eigenvalue weighted by molar-refractivity contribution is 0.669. The van der Waals surface area contributed by atoms with Crippen LogP contribution in [0.15, 0.2) is 180 Å². The molecule has 242 valence electrons. The van der Waals surface area contributed by atoms with Gasteiger partial charge in [-0.1, -0.05) is 127 Å². The molecule has 0 aliphatic rings. The Morgan fingerprint density at radius 1 is 0.404 bits per heavy atom.